The predicted octanol–water partition coefficient (Wildman–Crippen LogP) is 2.16. The molecule has 0 aromatic heterocycles. The normalized spacial score (nSPS) is 23.5. The van der Waals surface area contributed by atoms with Crippen LogP contribution in [0.15, 0.2) is 0 Å². The topological polar surface area (TPSA) is 48.3 Å². The molecular weight excluding hydrogens is 250 g/mol. The van der Waals surface area contributed by atoms with Crippen molar-refractivity contribution in [2.45, 2.75) is 57.0 Å². The smallest absolute Gasteiger partial charge is 0.104 e. The van der Waals surface area contributed by atoms with E-state index in [4.69, 9.17) is 4.74 Å². The predicted molar refractivity (Wildman–Crippen MR) is 80.4 cm³/mol. The number of rotatable bonds is 8. The lowest BCUT2D eigenvalue weighted by Gasteiger charge is -2.28. The van der Waals surface area contributed by atoms with Gasteiger partial charge < -0.3 is 9.64 Å². The average Bonchev–Trinajstić information content (AvgIpc) is 3.23. The highest BCUT2D eigenvalue weighted by atomic mass is 16.5. The Morgan fingerprint density at radius 3 is 2.60 bits per heavy atom. The van der Waals surface area contributed by atoms with E-state index in [2.05, 4.69) is 23.3 Å². The van der Waals surface area contributed by atoms with Gasteiger partial charge in [-0.05, 0) is 65.0 Å². The summed E-state index contributed by atoms with van der Waals surface area (Å²) >= 11 is 0. The van der Waals surface area contributed by atoms with Crippen LogP contribution in [0.5, 0.6) is 0 Å². The fourth-order valence-electron chi connectivity index (χ4n) is 3.00. The van der Waals surface area contributed by atoms with E-state index in [1.54, 1.807) is 0 Å². The van der Waals surface area contributed by atoms with Crippen LogP contribution in [0.4, 0.5) is 0 Å². The van der Waals surface area contributed by atoms with Crippen molar-refractivity contribution in [3.8, 4) is 6.07 Å². The van der Waals surface area contributed by atoms with Gasteiger partial charge in [-0.15, -0.1) is 0 Å². The van der Waals surface area contributed by atoms with Crippen LogP contribution in [-0.4, -0.2) is 49.8 Å². The highest BCUT2D eigenvalue weighted by Crippen LogP contribution is 2.24. The Balaban J connectivity index is 1.62. The molecule has 1 aliphatic heterocycles. The summed E-state index contributed by atoms with van der Waals surface area (Å²) in [5, 5.41) is 12.8. The molecule has 2 aliphatic rings. The number of hydrogen-bond donors (Lipinski definition) is 1. The van der Waals surface area contributed by atoms with Gasteiger partial charge in [0.05, 0.1) is 6.07 Å². The Labute approximate surface area is 123 Å². The van der Waals surface area contributed by atoms with Crippen LogP contribution in [0.1, 0.15) is 45.4 Å². The standard InChI is InChI=1S/C16H29N3O/c1-16(13-17,18-15-4-5-15)8-3-9-19(2)12-14-6-10-20-11-7-14/h14-15,18H,3-12H2,1-2H3. The third-order valence-electron chi connectivity index (χ3n) is 4.47. The molecule has 1 N–H and O–H groups in total. The summed E-state index contributed by atoms with van der Waals surface area (Å²) in [4.78, 5) is 2.42. The number of nitrogens with zero attached hydrogens (tertiary/aromatic N) is 2. The summed E-state index contributed by atoms with van der Waals surface area (Å²) < 4.78 is 5.40. The quantitative estimate of drug-likeness (QED) is 0.739. The Morgan fingerprint density at radius 1 is 1.30 bits per heavy atom. The molecule has 1 unspecified atom stereocenters. The van der Waals surface area contributed by atoms with Crippen molar-refractivity contribution in [1.82, 2.24) is 10.2 Å². The first kappa shape index (κ1) is 15.8. The molecule has 4 heteroatoms. The lowest BCUT2D eigenvalue weighted by atomic mass is 9.96. The second-order valence-corrected chi connectivity index (χ2v) is 6.78. The molecule has 0 spiro atoms. The molecule has 1 saturated heterocycles. The van der Waals surface area contributed by atoms with Crippen molar-refractivity contribution in [3.05, 3.63) is 0 Å². The van der Waals surface area contributed by atoms with E-state index in [0.29, 0.717) is 6.04 Å². The minimum absolute atomic E-state index is 0.333. The molecule has 1 saturated carbocycles. The fraction of sp³-hybridized carbons (Fsp3) is 0.938. The van der Waals surface area contributed by atoms with Gasteiger partial charge in [0.1, 0.15) is 5.54 Å². The third kappa shape index (κ3) is 5.40. The number of nitriles is 1. The highest BCUT2D eigenvalue weighted by molar-refractivity contribution is 5.07. The van der Waals surface area contributed by atoms with Crippen LogP contribution in [0.25, 0.3) is 0 Å². The molecule has 0 aromatic carbocycles. The molecule has 114 valence electrons. The van der Waals surface area contributed by atoms with Crippen molar-refractivity contribution < 1.29 is 4.74 Å². The van der Waals surface area contributed by atoms with E-state index in [1.165, 1.54) is 32.2 Å². The van der Waals surface area contributed by atoms with Crippen LogP contribution in [0, 0.1) is 17.2 Å². The summed E-state index contributed by atoms with van der Waals surface area (Å²) in [5.74, 6) is 0.792. The molecule has 0 aromatic rings. The maximum absolute atomic E-state index is 9.35. The lowest BCUT2D eigenvalue weighted by molar-refractivity contribution is 0.0554. The van der Waals surface area contributed by atoms with E-state index in [-0.39, 0.29) is 5.54 Å². The van der Waals surface area contributed by atoms with Crippen LogP contribution in [0.3, 0.4) is 0 Å². The Bertz CT molecular complexity index is 331. The molecule has 0 bridgehead atoms. The summed E-state index contributed by atoms with van der Waals surface area (Å²) in [6, 6.07) is 3.06. The minimum atomic E-state index is -0.333. The van der Waals surface area contributed by atoms with Crippen LogP contribution >= 0.6 is 0 Å². The zero-order valence-corrected chi connectivity index (χ0v) is 13.0. The largest absolute Gasteiger partial charge is 0.381 e. The minimum Gasteiger partial charge on any atom is -0.381 e. The molecule has 20 heavy (non-hydrogen) atoms. The van der Waals surface area contributed by atoms with Gasteiger partial charge in [0.2, 0.25) is 0 Å². The zero-order valence-electron chi connectivity index (χ0n) is 13.0. The van der Waals surface area contributed by atoms with Crippen LogP contribution in [-0.2, 0) is 4.74 Å². The third-order valence-corrected chi connectivity index (χ3v) is 4.47. The molecule has 1 atom stereocenters. The fourth-order valence-corrected chi connectivity index (χ4v) is 3.00. The zero-order chi connectivity index (χ0) is 14.4. The summed E-state index contributed by atoms with van der Waals surface area (Å²) in [5.41, 5.74) is -0.333. The SMILES string of the molecule is CN(CCCC(C)(C#N)NC1CC1)CC1CCOCC1. The van der Waals surface area contributed by atoms with Crippen molar-refractivity contribution >= 4 is 0 Å². The van der Waals surface area contributed by atoms with Crippen molar-refractivity contribution in [2.24, 2.45) is 5.92 Å². The van der Waals surface area contributed by atoms with E-state index < -0.39 is 0 Å². The number of ether oxygens (including phenoxy) is 1. The van der Waals surface area contributed by atoms with Gasteiger partial charge in [-0.1, -0.05) is 0 Å². The molecule has 0 radical (unpaired) electrons. The van der Waals surface area contributed by atoms with Crippen LogP contribution < -0.4 is 5.32 Å². The second kappa shape index (κ2) is 7.40. The van der Waals surface area contributed by atoms with Crippen molar-refractivity contribution in [2.75, 3.05) is 33.4 Å². The van der Waals surface area contributed by atoms with E-state index in [1.807, 2.05) is 6.92 Å². The molecule has 1 aliphatic carbocycles. The maximum atomic E-state index is 9.35. The van der Waals surface area contributed by atoms with E-state index in [0.717, 1.165) is 38.5 Å². The average molecular weight is 279 g/mol. The molecule has 0 amide bonds. The van der Waals surface area contributed by atoms with Crippen molar-refractivity contribution in [1.29, 1.82) is 5.26 Å². The lowest BCUT2D eigenvalue weighted by Crippen LogP contribution is -2.43. The summed E-state index contributed by atoms with van der Waals surface area (Å²) in [7, 11) is 2.20. The van der Waals surface area contributed by atoms with Crippen molar-refractivity contribution in [3.63, 3.8) is 0 Å². The summed E-state index contributed by atoms with van der Waals surface area (Å²) in [6.45, 7) is 6.15. The number of nitrogens with one attached hydrogen (secondary N) is 1. The first-order chi connectivity index (χ1) is 9.61. The first-order valence-electron chi connectivity index (χ1n) is 8.06. The van der Waals surface area contributed by atoms with Gasteiger partial charge in [0, 0.05) is 25.8 Å². The van der Waals surface area contributed by atoms with Gasteiger partial charge in [-0.25, -0.2) is 0 Å². The summed E-state index contributed by atoms with van der Waals surface area (Å²) in [6.07, 6.45) is 6.90. The molecule has 2 rings (SSSR count). The molecular formula is C16H29N3O. The van der Waals surface area contributed by atoms with Gasteiger partial charge in [-0.3, -0.25) is 5.32 Å². The van der Waals surface area contributed by atoms with Gasteiger partial charge in [0.25, 0.3) is 0 Å². The van der Waals surface area contributed by atoms with Gasteiger partial charge in [-0.2, -0.15) is 5.26 Å². The Hall–Kier alpha value is -0.630. The monoisotopic (exact) mass is 279 g/mol. The van der Waals surface area contributed by atoms with E-state index in [9.17, 15) is 5.26 Å². The Morgan fingerprint density at radius 2 is 2.00 bits per heavy atom. The van der Waals surface area contributed by atoms with Gasteiger partial charge in [0.15, 0.2) is 0 Å². The molecule has 1 heterocycles. The first-order valence-corrected chi connectivity index (χ1v) is 8.06. The van der Waals surface area contributed by atoms with Gasteiger partial charge >= 0.3 is 0 Å². The maximum Gasteiger partial charge on any atom is 0.104 e. The van der Waals surface area contributed by atoms with Crippen LogP contribution in [0.2, 0.25) is 0 Å². The second-order valence-electron chi connectivity index (χ2n) is 6.78. The number of hydrogen-bond acceptors (Lipinski definition) is 4. The Kier molecular flexibility index (Phi) is 5.83. The molecule has 2 fully saturated rings. The molecule has 4 nitrogen and oxygen atoms in total. The van der Waals surface area contributed by atoms with E-state index >= 15 is 0 Å². The highest BCUT2D eigenvalue weighted by Gasteiger charge is 2.32.